The molecule has 1 aliphatic rings. The Morgan fingerprint density at radius 1 is 1.55 bits per heavy atom. The number of rotatable bonds is 4. The van der Waals surface area contributed by atoms with E-state index in [1.807, 2.05) is 0 Å². The predicted molar refractivity (Wildman–Crippen MR) is 76.6 cm³/mol. The summed E-state index contributed by atoms with van der Waals surface area (Å²) in [6.45, 7) is -0.0127. The first kappa shape index (κ1) is 14.3. The monoisotopic (exact) mass is 335 g/mol. The molecule has 9 heteroatoms. The summed E-state index contributed by atoms with van der Waals surface area (Å²) in [6.07, 6.45) is 4.10. The molecule has 1 saturated carbocycles. The maximum absolute atomic E-state index is 12.5. The first-order valence-corrected chi connectivity index (χ1v) is 9.01. The molecule has 1 aliphatic carbocycles. The molecule has 0 aliphatic heterocycles. The van der Waals surface area contributed by atoms with Gasteiger partial charge in [0.1, 0.15) is 0 Å². The first-order valence-electron chi connectivity index (χ1n) is 6.27. The van der Waals surface area contributed by atoms with Gasteiger partial charge in [0, 0.05) is 24.2 Å². The van der Waals surface area contributed by atoms with Crippen molar-refractivity contribution in [2.45, 2.75) is 30.3 Å². The molecule has 0 radical (unpaired) electrons. The number of halogens is 1. The van der Waals surface area contributed by atoms with E-state index in [-0.39, 0.29) is 28.7 Å². The molecule has 0 spiro atoms. The Kier molecular flexibility index (Phi) is 3.76. The van der Waals surface area contributed by atoms with Gasteiger partial charge in [-0.3, -0.25) is 4.40 Å². The van der Waals surface area contributed by atoms with Crippen molar-refractivity contribution in [1.29, 1.82) is 0 Å². The summed E-state index contributed by atoms with van der Waals surface area (Å²) in [6, 6.07) is -0.245. The third-order valence-corrected chi connectivity index (χ3v) is 6.28. The molecule has 0 saturated heterocycles. The average molecular weight is 336 g/mol. The normalized spacial score (nSPS) is 23.7. The molecule has 2 aromatic rings. The fourth-order valence-electron chi connectivity index (χ4n) is 2.64. The Hall–Kier alpha value is -0.670. The number of hydrogen-bond acceptors (Lipinski definition) is 5. The summed E-state index contributed by atoms with van der Waals surface area (Å²) in [4.78, 5) is 4.57. The Morgan fingerprint density at radius 3 is 3.10 bits per heavy atom. The standard InChI is InChI=1S/C11H14ClN3O3S2/c12-9-10(15-4-5-19-11(15)13-9)20(17,18)14-8-3-1-2-7(8)6-16/h4-5,7-8,14,16H,1-3,6H2. The number of thiazole rings is 1. The fourth-order valence-corrected chi connectivity index (χ4v) is 5.44. The highest BCUT2D eigenvalue weighted by Gasteiger charge is 2.33. The van der Waals surface area contributed by atoms with Crippen LogP contribution in [0, 0.1) is 5.92 Å². The molecule has 20 heavy (non-hydrogen) atoms. The van der Waals surface area contributed by atoms with Gasteiger partial charge in [0.15, 0.2) is 15.1 Å². The largest absolute Gasteiger partial charge is 0.396 e. The van der Waals surface area contributed by atoms with Gasteiger partial charge in [-0.05, 0) is 18.8 Å². The van der Waals surface area contributed by atoms with E-state index in [1.165, 1.54) is 15.7 Å². The van der Waals surface area contributed by atoms with E-state index in [2.05, 4.69) is 9.71 Å². The van der Waals surface area contributed by atoms with Gasteiger partial charge in [0.05, 0.1) is 0 Å². The second-order valence-corrected chi connectivity index (χ2v) is 7.72. The summed E-state index contributed by atoms with van der Waals surface area (Å²) in [5, 5.41) is 11.0. The zero-order chi connectivity index (χ0) is 14.3. The number of nitrogens with zero attached hydrogens (tertiary/aromatic N) is 2. The predicted octanol–water partition coefficient (Wildman–Crippen LogP) is 1.49. The fraction of sp³-hybridized carbons (Fsp3) is 0.545. The van der Waals surface area contributed by atoms with Crippen LogP contribution in [0.4, 0.5) is 0 Å². The zero-order valence-electron chi connectivity index (χ0n) is 10.5. The summed E-state index contributed by atoms with van der Waals surface area (Å²) in [7, 11) is -3.76. The molecule has 3 rings (SSSR count). The minimum absolute atomic E-state index is 0.0127. The summed E-state index contributed by atoms with van der Waals surface area (Å²) in [5.41, 5.74) is 0. The van der Waals surface area contributed by atoms with Crippen LogP contribution >= 0.6 is 22.9 Å². The highest BCUT2D eigenvalue weighted by Crippen LogP contribution is 2.29. The highest BCUT2D eigenvalue weighted by molar-refractivity contribution is 7.89. The van der Waals surface area contributed by atoms with E-state index in [0.29, 0.717) is 4.96 Å². The van der Waals surface area contributed by atoms with E-state index in [0.717, 1.165) is 19.3 Å². The lowest BCUT2D eigenvalue weighted by molar-refractivity contribution is 0.213. The van der Waals surface area contributed by atoms with Gasteiger partial charge >= 0.3 is 0 Å². The third kappa shape index (κ3) is 2.35. The van der Waals surface area contributed by atoms with Crippen LogP contribution in [0.3, 0.4) is 0 Å². The molecule has 2 unspecified atom stereocenters. The number of aliphatic hydroxyl groups excluding tert-OH is 1. The molecule has 2 N–H and O–H groups in total. The maximum Gasteiger partial charge on any atom is 0.260 e. The first-order chi connectivity index (χ1) is 9.53. The Balaban J connectivity index is 1.95. The molecular formula is C11H14ClN3O3S2. The second-order valence-electron chi connectivity index (χ2n) is 4.86. The van der Waals surface area contributed by atoms with Gasteiger partial charge in [-0.15, -0.1) is 11.3 Å². The smallest absolute Gasteiger partial charge is 0.260 e. The lowest BCUT2D eigenvalue weighted by Crippen LogP contribution is -2.39. The van der Waals surface area contributed by atoms with Crippen LogP contribution in [-0.4, -0.2) is 35.6 Å². The van der Waals surface area contributed by atoms with E-state index in [4.69, 9.17) is 11.6 Å². The van der Waals surface area contributed by atoms with E-state index in [9.17, 15) is 13.5 Å². The number of nitrogens with one attached hydrogen (secondary N) is 1. The van der Waals surface area contributed by atoms with Crippen LogP contribution in [0.5, 0.6) is 0 Å². The number of hydrogen-bond donors (Lipinski definition) is 2. The third-order valence-electron chi connectivity index (χ3n) is 3.63. The van der Waals surface area contributed by atoms with Crippen LogP contribution in [0.15, 0.2) is 16.6 Å². The molecular weight excluding hydrogens is 322 g/mol. The van der Waals surface area contributed by atoms with Crippen LogP contribution in [0.2, 0.25) is 5.15 Å². The Labute approximate surface area is 125 Å². The van der Waals surface area contributed by atoms with E-state index >= 15 is 0 Å². The molecule has 6 nitrogen and oxygen atoms in total. The van der Waals surface area contributed by atoms with Crippen LogP contribution in [-0.2, 0) is 10.0 Å². The lowest BCUT2D eigenvalue weighted by Gasteiger charge is -2.18. The van der Waals surface area contributed by atoms with Crippen molar-refractivity contribution in [1.82, 2.24) is 14.1 Å². The molecule has 110 valence electrons. The highest BCUT2D eigenvalue weighted by atomic mass is 35.5. The molecule has 2 aromatic heterocycles. The topological polar surface area (TPSA) is 83.7 Å². The number of fused-ring (bicyclic) bond motifs is 1. The van der Waals surface area contributed by atoms with Gasteiger partial charge in [-0.1, -0.05) is 18.0 Å². The minimum Gasteiger partial charge on any atom is -0.396 e. The van der Waals surface area contributed by atoms with Crippen molar-refractivity contribution >= 4 is 37.9 Å². The van der Waals surface area contributed by atoms with Crippen molar-refractivity contribution in [2.75, 3.05) is 6.61 Å². The van der Waals surface area contributed by atoms with Crippen molar-refractivity contribution in [3.63, 3.8) is 0 Å². The maximum atomic E-state index is 12.5. The van der Waals surface area contributed by atoms with Crippen molar-refractivity contribution in [3.05, 3.63) is 16.7 Å². The van der Waals surface area contributed by atoms with E-state index < -0.39 is 10.0 Å². The summed E-state index contributed by atoms with van der Waals surface area (Å²) < 4.78 is 29.1. The summed E-state index contributed by atoms with van der Waals surface area (Å²) in [5.74, 6) is -0.0329. The van der Waals surface area contributed by atoms with Crippen molar-refractivity contribution in [2.24, 2.45) is 5.92 Å². The average Bonchev–Trinajstić information content (AvgIpc) is 3.03. The van der Waals surface area contributed by atoms with Gasteiger partial charge in [0.2, 0.25) is 0 Å². The SMILES string of the molecule is O=S(=O)(NC1CCCC1CO)c1c(Cl)nc2sccn12. The molecule has 0 bridgehead atoms. The van der Waals surface area contributed by atoms with Gasteiger partial charge in [-0.2, -0.15) is 0 Å². The van der Waals surface area contributed by atoms with Gasteiger partial charge < -0.3 is 5.11 Å². The van der Waals surface area contributed by atoms with Crippen molar-refractivity contribution in [3.8, 4) is 0 Å². The molecule has 0 aromatic carbocycles. The van der Waals surface area contributed by atoms with Gasteiger partial charge in [0.25, 0.3) is 10.0 Å². The number of aromatic nitrogens is 2. The quantitative estimate of drug-likeness (QED) is 0.886. The van der Waals surface area contributed by atoms with Crippen LogP contribution < -0.4 is 4.72 Å². The van der Waals surface area contributed by atoms with Gasteiger partial charge in [-0.25, -0.2) is 18.1 Å². The summed E-state index contributed by atoms with van der Waals surface area (Å²) >= 11 is 7.28. The molecule has 2 heterocycles. The Morgan fingerprint density at radius 2 is 2.35 bits per heavy atom. The van der Waals surface area contributed by atoms with Crippen LogP contribution in [0.1, 0.15) is 19.3 Å². The Bertz CT molecular complexity index is 724. The molecule has 1 fully saturated rings. The van der Waals surface area contributed by atoms with Crippen molar-refractivity contribution < 1.29 is 13.5 Å². The lowest BCUT2D eigenvalue weighted by atomic mass is 10.1. The van der Waals surface area contributed by atoms with Crippen LogP contribution in [0.25, 0.3) is 4.96 Å². The zero-order valence-corrected chi connectivity index (χ0v) is 12.9. The second kappa shape index (κ2) is 5.27. The number of sulfonamides is 1. The molecule has 0 amide bonds. The number of imidazole rings is 1. The molecule has 2 atom stereocenters. The number of aliphatic hydroxyl groups is 1. The van der Waals surface area contributed by atoms with E-state index in [1.54, 1.807) is 11.6 Å². The minimum atomic E-state index is -3.76.